The van der Waals surface area contributed by atoms with Crippen molar-refractivity contribution in [2.45, 2.75) is 31.5 Å². The molecule has 1 aromatic carbocycles. The smallest absolute Gasteiger partial charge is 0.378 e. The molecule has 5 rings (SSSR count). The lowest BCUT2D eigenvalue weighted by atomic mass is 9.93. The molecule has 2 N–H and O–H groups in total. The molecule has 2 saturated heterocycles. The van der Waals surface area contributed by atoms with Gasteiger partial charge in [0.1, 0.15) is 23.1 Å². The van der Waals surface area contributed by atoms with Gasteiger partial charge < -0.3 is 20.3 Å². The Bertz CT molecular complexity index is 1320. The van der Waals surface area contributed by atoms with Crippen LogP contribution in [-0.2, 0) is 17.6 Å². The van der Waals surface area contributed by atoms with E-state index in [-0.39, 0.29) is 25.9 Å². The van der Waals surface area contributed by atoms with E-state index in [1.165, 1.54) is 12.3 Å². The lowest BCUT2D eigenvalue weighted by Gasteiger charge is -2.39. The number of alkyl halides is 3. The predicted molar refractivity (Wildman–Crippen MR) is 139 cm³/mol. The first kappa shape index (κ1) is 28.2. The predicted octanol–water partition coefficient (Wildman–Crippen LogP) is 4.90. The van der Waals surface area contributed by atoms with Crippen LogP contribution in [0.1, 0.15) is 17.7 Å². The average Bonchev–Trinajstić information content (AvgIpc) is 2.92. The zero-order chi connectivity index (χ0) is 28.4. The van der Waals surface area contributed by atoms with Gasteiger partial charge in [-0.3, -0.25) is 4.98 Å². The number of piperidine rings is 1. The molecule has 2 aromatic heterocycles. The van der Waals surface area contributed by atoms with Crippen LogP contribution in [0.4, 0.5) is 37.7 Å². The zero-order valence-electron chi connectivity index (χ0n) is 21.6. The van der Waals surface area contributed by atoms with Crippen molar-refractivity contribution in [3.8, 4) is 11.3 Å². The quantitative estimate of drug-likeness (QED) is 0.429. The Hall–Kier alpha value is -3.38. The molecule has 12 heteroatoms. The molecule has 3 aromatic rings. The number of rotatable bonds is 6. The maximum Gasteiger partial charge on any atom is 0.393 e. The second kappa shape index (κ2) is 11.6. The largest absolute Gasteiger partial charge is 0.393 e. The minimum Gasteiger partial charge on any atom is -0.378 e. The van der Waals surface area contributed by atoms with E-state index in [0.29, 0.717) is 55.4 Å². The third-order valence-corrected chi connectivity index (χ3v) is 7.36. The Labute approximate surface area is 227 Å². The van der Waals surface area contributed by atoms with Crippen LogP contribution in [-0.4, -0.2) is 61.6 Å². The SMILES string of the molecule is N[C@H]1C[C@@H](C(F)(F)F)CN(c2ccncc2CCc2ccc(F)c(-c3c(F)cc(N4CCOCC4)cc3F)n2)C1. The summed E-state index contributed by atoms with van der Waals surface area (Å²) in [6.45, 7) is 1.89. The van der Waals surface area contributed by atoms with Crippen LogP contribution in [0.3, 0.4) is 0 Å². The Morgan fingerprint density at radius 1 is 0.925 bits per heavy atom. The molecule has 0 unspecified atom stereocenters. The van der Waals surface area contributed by atoms with E-state index < -0.39 is 46.8 Å². The second-order valence-electron chi connectivity index (χ2n) is 10.2. The summed E-state index contributed by atoms with van der Waals surface area (Å²) >= 11 is 0. The molecule has 2 fully saturated rings. The summed E-state index contributed by atoms with van der Waals surface area (Å²) < 4.78 is 90.7. The summed E-state index contributed by atoms with van der Waals surface area (Å²) in [6.07, 6.45) is -0.880. The van der Waals surface area contributed by atoms with E-state index >= 15 is 8.78 Å². The van der Waals surface area contributed by atoms with Gasteiger partial charge >= 0.3 is 6.18 Å². The minimum atomic E-state index is -4.36. The highest BCUT2D eigenvalue weighted by molar-refractivity contribution is 5.66. The molecule has 214 valence electrons. The van der Waals surface area contributed by atoms with Gasteiger partial charge in [-0.1, -0.05) is 0 Å². The van der Waals surface area contributed by atoms with Crippen molar-refractivity contribution in [3.63, 3.8) is 0 Å². The molecule has 4 heterocycles. The molecule has 2 aliphatic heterocycles. The van der Waals surface area contributed by atoms with Gasteiger partial charge in [0, 0.05) is 61.7 Å². The van der Waals surface area contributed by atoms with Gasteiger partial charge in [0.2, 0.25) is 0 Å². The molecule has 2 atom stereocenters. The van der Waals surface area contributed by atoms with Crippen molar-refractivity contribution < 1.29 is 31.1 Å². The van der Waals surface area contributed by atoms with E-state index in [9.17, 15) is 17.6 Å². The van der Waals surface area contributed by atoms with Crippen LogP contribution < -0.4 is 15.5 Å². The molecule has 0 amide bonds. The van der Waals surface area contributed by atoms with Gasteiger partial charge in [-0.25, -0.2) is 18.2 Å². The number of benzene rings is 1. The van der Waals surface area contributed by atoms with Gasteiger partial charge in [-0.2, -0.15) is 13.2 Å². The fraction of sp³-hybridized carbons (Fsp3) is 0.429. The first-order valence-electron chi connectivity index (χ1n) is 13.1. The number of hydrogen-bond donors (Lipinski definition) is 1. The van der Waals surface area contributed by atoms with Crippen LogP contribution in [0.25, 0.3) is 11.3 Å². The van der Waals surface area contributed by atoms with E-state index in [1.54, 1.807) is 22.1 Å². The third kappa shape index (κ3) is 6.17. The number of nitrogens with zero attached hydrogens (tertiary/aromatic N) is 4. The molecular formula is C28H29F6N5O. The molecular weight excluding hydrogens is 536 g/mol. The number of nitrogens with two attached hydrogens (primary N) is 1. The Kier molecular flexibility index (Phi) is 8.18. The molecule has 40 heavy (non-hydrogen) atoms. The first-order chi connectivity index (χ1) is 19.1. The maximum absolute atomic E-state index is 15.1. The van der Waals surface area contributed by atoms with E-state index in [1.807, 2.05) is 0 Å². The Morgan fingerprint density at radius 2 is 1.65 bits per heavy atom. The number of pyridine rings is 2. The van der Waals surface area contributed by atoms with Crippen molar-refractivity contribution >= 4 is 11.4 Å². The first-order valence-corrected chi connectivity index (χ1v) is 13.1. The van der Waals surface area contributed by atoms with Crippen molar-refractivity contribution in [1.82, 2.24) is 9.97 Å². The molecule has 6 nitrogen and oxygen atoms in total. The summed E-state index contributed by atoms with van der Waals surface area (Å²) in [4.78, 5) is 11.8. The Balaban J connectivity index is 1.36. The van der Waals surface area contributed by atoms with Crippen LogP contribution >= 0.6 is 0 Å². The van der Waals surface area contributed by atoms with Gasteiger partial charge in [0.05, 0.1) is 24.7 Å². The van der Waals surface area contributed by atoms with Gasteiger partial charge in [-0.05, 0) is 55.2 Å². The lowest BCUT2D eigenvalue weighted by Crippen LogP contribution is -2.51. The van der Waals surface area contributed by atoms with Crippen LogP contribution in [0.2, 0.25) is 0 Å². The molecule has 0 radical (unpaired) electrons. The fourth-order valence-electron chi connectivity index (χ4n) is 5.34. The molecule has 0 aliphatic carbocycles. The average molecular weight is 566 g/mol. The minimum absolute atomic E-state index is 0.136. The topological polar surface area (TPSA) is 67.5 Å². The van der Waals surface area contributed by atoms with Gasteiger partial charge in [-0.15, -0.1) is 0 Å². The molecule has 0 saturated carbocycles. The number of aromatic nitrogens is 2. The van der Waals surface area contributed by atoms with Crippen molar-refractivity contribution in [1.29, 1.82) is 0 Å². The summed E-state index contributed by atoms with van der Waals surface area (Å²) in [7, 11) is 0. The van der Waals surface area contributed by atoms with E-state index in [4.69, 9.17) is 10.5 Å². The summed E-state index contributed by atoms with van der Waals surface area (Å²) in [5.74, 6) is -4.28. The normalized spacial score (nSPS) is 20.2. The standard InChI is InChI=1S/C28H29F6N5O/c29-22-4-3-20(37-27(22)26-23(30)12-21(13-24(26)31)38-7-9-40-10-8-38)2-1-17-14-36-6-5-25(17)39-15-18(28(32,33)34)11-19(35)16-39/h3-6,12-14,18-19H,1-2,7-11,15-16,35H2/t18-,19+/m1/s1. The number of aryl methyl sites for hydroxylation is 2. The highest BCUT2D eigenvalue weighted by atomic mass is 19.4. The maximum atomic E-state index is 15.1. The summed E-state index contributed by atoms with van der Waals surface area (Å²) in [5.41, 5.74) is 6.91. The Morgan fingerprint density at radius 3 is 2.35 bits per heavy atom. The van der Waals surface area contributed by atoms with Gasteiger partial charge in [0.15, 0.2) is 0 Å². The zero-order valence-corrected chi connectivity index (χ0v) is 21.6. The molecule has 0 spiro atoms. The second-order valence-corrected chi connectivity index (χ2v) is 10.2. The third-order valence-electron chi connectivity index (χ3n) is 7.36. The number of halogens is 6. The van der Waals surface area contributed by atoms with Crippen molar-refractivity contribution in [2.75, 3.05) is 49.2 Å². The van der Waals surface area contributed by atoms with Crippen LogP contribution in [0.5, 0.6) is 0 Å². The number of anilines is 2. The molecule has 2 aliphatic rings. The van der Waals surface area contributed by atoms with Crippen LogP contribution in [0, 0.1) is 23.4 Å². The summed E-state index contributed by atoms with van der Waals surface area (Å²) in [6, 6.07) is 5.86. The van der Waals surface area contributed by atoms with Crippen molar-refractivity contribution in [2.24, 2.45) is 11.7 Å². The number of morpholine rings is 1. The number of ether oxygens (including phenoxy) is 1. The highest BCUT2D eigenvalue weighted by Crippen LogP contribution is 2.36. The fourth-order valence-corrected chi connectivity index (χ4v) is 5.34. The lowest BCUT2D eigenvalue weighted by molar-refractivity contribution is -0.177. The van der Waals surface area contributed by atoms with E-state index in [2.05, 4.69) is 9.97 Å². The monoisotopic (exact) mass is 565 g/mol. The molecule has 0 bridgehead atoms. The van der Waals surface area contributed by atoms with Gasteiger partial charge in [0.25, 0.3) is 0 Å². The van der Waals surface area contributed by atoms with E-state index in [0.717, 1.165) is 18.2 Å². The highest BCUT2D eigenvalue weighted by Gasteiger charge is 2.44. The number of hydrogen-bond acceptors (Lipinski definition) is 6. The van der Waals surface area contributed by atoms with Crippen LogP contribution in [0.15, 0.2) is 42.7 Å². The van der Waals surface area contributed by atoms with Crippen molar-refractivity contribution in [3.05, 3.63) is 71.4 Å². The summed E-state index contributed by atoms with van der Waals surface area (Å²) in [5, 5.41) is 0.